The number of hydrogen-bond acceptors (Lipinski definition) is 3. The molecule has 1 fully saturated rings. The van der Waals surface area contributed by atoms with Gasteiger partial charge >= 0.3 is 0 Å². The summed E-state index contributed by atoms with van der Waals surface area (Å²) in [7, 11) is 0. The topological polar surface area (TPSA) is 79.1 Å². The van der Waals surface area contributed by atoms with Gasteiger partial charge < -0.3 is 5.43 Å². The largest absolute Gasteiger partial charge is 0.307 e. The van der Waals surface area contributed by atoms with Crippen molar-refractivity contribution in [2.75, 3.05) is 0 Å². The van der Waals surface area contributed by atoms with Gasteiger partial charge in [-0.3, -0.25) is 10.1 Å². The molecule has 1 saturated carbocycles. The quantitative estimate of drug-likeness (QED) is 0.232. The van der Waals surface area contributed by atoms with E-state index in [0.29, 0.717) is 11.9 Å². The first-order valence-electron chi connectivity index (χ1n) is 5.94. The summed E-state index contributed by atoms with van der Waals surface area (Å²) in [5, 5.41) is 6.77. The summed E-state index contributed by atoms with van der Waals surface area (Å²) in [6, 6.07) is 2.27. The minimum Gasteiger partial charge on any atom is -0.307 e. The maximum absolute atomic E-state index is 5.49. The van der Waals surface area contributed by atoms with Gasteiger partial charge in [0.2, 0.25) is 0 Å². The SMILES string of the molecule is NNC(=NC1CCCCCC1)c1ccn[nH]1. The van der Waals surface area contributed by atoms with Gasteiger partial charge in [-0.05, 0) is 18.9 Å². The molecule has 4 N–H and O–H groups in total. The van der Waals surface area contributed by atoms with E-state index in [0.717, 1.165) is 5.69 Å². The molecular weight excluding hydrogens is 202 g/mol. The lowest BCUT2D eigenvalue weighted by Crippen LogP contribution is -2.32. The minimum absolute atomic E-state index is 0.400. The normalized spacial score (nSPS) is 19.4. The van der Waals surface area contributed by atoms with Gasteiger partial charge in [0, 0.05) is 6.20 Å². The van der Waals surface area contributed by atoms with Crippen LogP contribution in [0.15, 0.2) is 17.3 Å². The van der Waals surface area contributed by atoms with E-state index in [4.69, 9.17) is 5.84 Å². The molecule has 0 bridgehead atoms. The van der Waals surface area contributed by atoms with Gasteiger partial charge in [-0.1, -0.05) is 25.7 Å². The van der Waals surface area contributed by atoms with Gasteiger partial charge in [-0.25, -0.2) is 5.84 Å². The average molecular weight is 221 g/mol. The molecule has 1 aromatic rings. The Labute approximate surface area is 95.5 Å². The highest BCUT2D eigenvalue weighted by atomic mass is 15.3. The molecule has 1 aliphatic carbocycles. The van der Waals surface area contributed by atoms with Crippen molar-refractivity contribution < 1.29 is 0 Å². The Balaban J connectivity index is 2.07. The lowest BCUT2D eigenvalue weighted by Gasteiger charge is -2.11. The van der Waals surface area contributed by atoms with E-state index < -0.39 is 0 Å². The van der Waals surface area contributed by atoms with E-state index in [9.17, 15) is 0 Å². The molecule has 0 spiro atoms. The van der Waals surface area contributed by atoms with Gasteiger partial charge in [0.05, 0.1) is 6.04 Å². The third-order valence-corrected chi connectivity index (χ3v) is 3.03. The molecule has 16 heavy (non-hydrogen) atoms. The highest BCUT2D eigenvalue weighted by Gasteiger charge is 2.13. The van der Waals surface area contributed by atoms with Crippen molar-refractivity contribution in [3.8, 4) is 0 Å². The van der Waals surface area contributed by atoms with Crippen molar-refractivity contribution in [2.45, 2.75) is 44.6 Å². The number of hydrogen-bond donors (Lipinski definition) is 3. The van der Waals surface area contributed by atoms with Crippen molar-refractivity contribution in [1.82, 2.24) is 15.6 Å². The Morgan fingerprint density at radius 1 is 1.38 bits per heavy atom. The Morgan fingerprint density at radius 3 is 2.69 bits per heavy atom. The summed E-state index contributed by atoms with van der Waals surface area (Å²) in [5.74, 6) is 6.20. The smallest absolute Gasteiger partial charge is 0.161 e. The van der Waals surface area contributed by atoms with E-state index >= 15 is 0 Å². The van der Waals surface area contributed by atoms with Crippen LogP contribution in [0.1, 0.15) is 44.2 Å². The number of hydrazine groups is 1. The van der Waals surface area contributed by atoms with Crippen LogP contribution in [-0.2, 0) is 0 Å². The average Bonchev–Trinajstić information content (AvgIpc) is 2.71. The van der Waals surface area contributed by atoms with Gasteiger partial charge in [-0.15, -0.1) is 0 Å². The fourth-order valence-electron chi connectivity index (χ4n) is 2.14. The summed E-state index contributed by atoms with van der Waals surface area (Å²) in [6.07, 6.45) is 9.25. The predicted molar refractivity (Wildman–Crippen MR) is 63.9 cm³/mol. The van der Waals surface area contributed by atoms with Crippen LogP contribution in [0, 0.1) is 0 Å². The minimum atomic E-state index is 0.400. The summed E-state index contributed by atoms with van der Waals surface area (Å²) in [5.41, 5.74) is 3.50. The van der Waals surface area contributed by atoms with Crippen LogP contribution in [0.2, 0.25) is 0 Å². The first-order valence-corrected chi connectivity index (χ1v) is 5.94. The van der Waals surface area contributed by atoms with Crippen LogP contribution in [0.5, 0.6) is 0 Å². The third kappa shape index (κ3) is 2.82. The molecular formula is C11H19N5. The molecule has 0 aliphatic heterocycles. The molecule has 1 aliphatic rings. The van der Waals surface area contributed by atoms with Crippen molar-refractivity contribution >= 4 is 5.84 Å². The maximum atomic E-state index is 5.49. The van der Waals surface area contributed by atoms with Crippen LogP contribution in [-0.4, -0.2) is 22.1 Å². The number of rotatable bonds is 2. The van der Waals surface area contributed by atoms with Crippen molar-refractivity contribution in [2.24, 2.45) is 10.8 Å². The van der Waals surface area contributed by atoms with E-state index in [1.165, 1.54) is 38.5 Å². The molecule has 88 valence electrons. The van der Waals surface area contributed by atoms with Crippen LogP contribution >= 0.6 is 0 Å². The fraction of sp³-hybridized carbons (Fsp3) is 0.636. The van der Waals surface area contributed by atoms with Crippen LogP contribution in [0.3, 0.4) is 0 Å². The molecule has 0 saturated heterocycles. The maximum Gasteiger partial charge on any atom is 0.161 e. The lowest BCUT2D eigenvalue weighted by molar-refractivity contribution is 0.583. The van der Waals surface area contributed by atoms with Crippen LogP contribution in [0.4, 0.5) is 0 Å². The number of aromatic amines is 1. The Kier molecular flexibility index (Phi) is 3.93. The van der Waals surface area contributed by atoms with Crippen LogP contribution in [0.25, 0.3) is 0 Å². The predicted octanol–water partition coefficient (Wildman–Crippen LogP) is 1.34. The monoisotopic (exact) mass is 221 g/mol. The number of amidine groups is 1. The van der Waals surface area contributed by atoms with E-state index in [1.54, 1.807) is 6.20 Å². The van der Waals surface area contributed by atoms with Gasteiger partial charge in [0.15, 0.2) is 5.84 Å². The second kappa shape index (κ2) is 5.65. The summed E-state index contributed by atoms with van der Waals surface area (Å²) < 4.78 is 0. The first kappa shape index (κ1) is 11.1. The zero-order valence-electron chi connectivity index (χ0n) is 9.45. The molecule has 0 unspecified atom stereocenters. The van der Waals surface area contributed by atoms with Gasteiger partial charge in [0.1, 0.15) is 5.69 Å². The van der Waals surface area contributed by atoms with Crippen molar-refractivity contribution in [3.63, 3.8) is 0 Å². The first-order chi connectivity index (χ1) is 7.90. The van der Waals surface area contributed by atoms with Gasteiger partial charge in [0.25, 0.3) is 0 Å². The lowest BCUT2D eigenvalue weighted by atomic mass is 10.1. The molecule has 0 amide bonds. The molecule has 1 heterocycles. The number of aromatic nitrogens is 2. The molecule has 5 nitrogen and oxygen atoms in total. The third-order valence-electron chi connectivity index (χ3n) is 3.03. The van der Waals surface area contributed by atoms with E-state index in [1.807, 2.05) is 6.07 Å². The molecule has 2 rings (SSSR count). The van der Waals surface area contributed by atoms with E-state index in [-0.39, 0.29) is 0 Å². The Bertz CT molecular complexity index is 322. The zero-order valence-corrected chi connectivity index (χ0v) is 9.45. The highest BCUT2D eigenvalue weighted by molar-refractivity contribution is 5.96. The number of nitrogens with zero attached hydrogens (tertiary/aromatic N) is 2. The zero-order chi connectivity index (χ0) is 11.2. The second-order valence-electron chi connectivity index (χ2n) is 4.24. The summed E-state index contributed by atoms with van der Waals surface area (Å²) in [4.78, 5) is 4.67. The Morgan fingerprint density at radius 2 is 2.12 bits per heavy atom. The standard InChI is InChI=1S/C11H19N5/c12-15-11(10-7-8-13-16-10)14-9-5-3-1-2-4-6-9/h7-9H,1-6,12H2,(H,13,16)(H,14,15). The van der Waals surface area contributed by atoms with Crippen molar-refractivity contribution in [3.05, 3.63) is 18.0 Å². The number of H-pyrrole nitrogens is 1. The molecule has 1 aromatic heterocycles. The number of nitrogens with one attached hydrogen (secondary N) is 2. The highest BCUT2D eigenvalue weighted by Crippen LogP contribution is 2.20. The number of aliphatic imine (C=N–C) groups is 1. The molecule has 0 atom stereocenters. The fourth-order valence-corrected chi connectivity index (χ4v) is 2.14. The molecule has 0 aromatic carbocycles. The summed E-state index contributed by atoms with van der Waals surface area (Å²) >= 11 is 0. The Hall–Kier alpha value is -1.36. The van der Waals surface area contributed by atoms with Crippen LogP contribution < -0.4 is 11.3 Å². The van der Waals surface area contributed by atoms with Gasteiger partial charge in [-0.2, -0.15) is 5.10 Å². The van der Waals surface area contributed by atoms with E-state index in [2.05, 4.69) is 20.6 Å². The second-order valence-corrected chi connectivity index (χ2v) is 4.24. The molecule has 5 heteroatoms. The van der Waals surface area contributed by atoms with Crippen molar-refractivity contribution in [1.29, 1.82) is 0 Å². The molecule has 0 radical (unpaired) electrons. The summed E-state index contributed by atoms with van der Waals surface area (Å²) in [6.45, 7) is 0. The number of nitrogens with two attached hydrogens (primary N) is 1.